The molecule has 0 bridgehead atoms. The molecule has 2 aliphatic rings. The number of rotatable bonds is 9. The fraction of sp³-hybridized carbons (Fsp3) is 0.310. The zero-order valence-corrected chi connectivity index (χ0v) is 19.7. The fourth-order valence-electron chi connectivity index (χ4n) is 4.74. The average Bonchev–Trinajstić information content (AvgIpc) is 3.50. The van der Waals surface area contributed by atoms with Crippen molar-refractivity contribution in [2.45, 2.75) is 37.3 Å². The van der Waals surface area contributed by atoms with E-state index < -0.39 is 5.54 Å². The molecule has 0 saturated carbocycles. The molecule has 0 radical (unpaired) electrons. The van der Waals surface area contributed by atoms with Gasteiger partial charge in [-0.2, -0.15) is 0 Å². The smallest absolute Gasteiger partial charge is 0.252 e. The number of carbonyl (C=O) groups excluding carboxylic acids is 1. The van der Waals surface area contributed by atoms with E-state index in [1.165, 1.54) is 11.1 Å². The van der Waals surface area contributed by atoms with Crippen LogP contribution in [0, 0.1) is 0 Å². The standard InChI is InChI=1S/C29H30N2O4/c32-15-6-16-34-26-13-11-22(12-14-26)27-31-29(20-35-27,19-21-7-2-1-3-8-21)28(33)30-25-17-23-9-4-5-10-24(23)18-25/h1-5,7-14,25,32H,6,15-20H2,(H,30,33)/t29-/m1/s1. The van der Waals surface area contributed by atoms with E-state index in [4.69, 9.17) is 19.6 Å². The molecule has 3 aromatic rings. The maximum Gasteiger partial charge on any atom is 0.252 e. The highest BCUT2D eigenvalue weighted by Crippen LogP contribution is 2.29. The van der Waals surface area contributed by atoms with Gasteiger partial charge in [0.05, 0.1) is 6.61 Å². The summed E-state index contributed by atoms with van der Waals surface area (Å²) in [6, 6.07) is 25.9. The minimum absolute atomic E-state index is 0.0575. The minimum atomic E-state index is -1.03. The Hall–Kier alpha value is -3.64. The normalized spacial score (nSPS) is 19.1. The van der Waals surface area contributed by atoms with Crippen molar-refractivity contribution in [1.82, 2.24) is 5.32 Å². The van der Waals surface area contributed by atoms with Gasteiger partial charge in [0, 0.05) is 31.1 Å². The number of amides is 1. The summed E-state index contributed by atoms with van der Waals surface area (Å²) < 4.78 is 11.6. The van der Waals surface area contributed by atoms with E-state index in [1.54, 1.807) is 0 Å². The molecule has 0 fully saturated rings. The third-order valence-electron chi connectivity index (χ3n) is 6.58. The van der Waals surface area contributed by atoms with Crippen LogP contribution >= 0.6 is 0 Å². The molecule has 35 heavy (non-hydrogen) atoms. The van der Waals surface area contributed by atoms with Crippen molar-refractivity contribution < 1.29 is 19.4 Å². The molecule has 5 rings (SSSR count). The molecule has 1 aliphatic heterocycles. The largest absolute Gasteiger partial charge is 0.494 e. The summed E-state index contributed by atoms with van der Waals surface area (Å²) in [7, 11) is 0. The number of benzene rings is 3. The Kier molecular flexibility index (Phi) is 6.82. The second kappa shape index (κ2) is 10.3. The minimum Gasteiger partial charge on any atom is -0.494 e. The topological polar surface area (TPSA) is 80.2 Å². The number of hydrogen-bond acceptors (Lipinski definition) is 5. The van der Waals surface area contributed by atoms with Crippen molar-refractivity contribution in [3.05, 3.63) is 101 Å². The molecule has 0 aromatic heterocycles. The molecule has 1 aliphatic carbocycles. The molecule has 0 saturated heterocycles. The highest BCUT2D eigenvalue weighted by Gasteiger charge is 2.45. The van der Waals surface area contributed by atoms with Crippen molar-refractivity contribution in [2.75, 3.05) is 19.8 Å². The number of hydrogen-bond donors (Lipinski definition) is 2. The third-order valence-corrected chi connectivity index (χ3v) is 6.58. The number of aliphatic hydroxyl groups excluding tert-OH is 1. The Bertz CT molecular complexity index is 1170. The summed E-state index contributed by atoms with van der Waals surface area (Å²) in [5, 5.41) is 12.2. The first-order chi connectivity index (χ1) is 17.1. The first kappa shape index (κ1) is 23.1. The number of nitrogens with zero attached hydrogens (tertiary/aromatic N) is 1. The Balaban J connectivity index is 1.36. The molecule has 0 spiro atoms. The van der Waals surface area contributed by atoms with Gasteiger partial charge < -0.3 is 19.9 Å². The van der Waals surface area contributed by atoms with Gasteiger partial charge in [-0.3, -0.25) is 4.79 Å². The highest BCUT2D eigenvalue weighted by molar-refractivity contribution is 6.00. The number of aliphatic hydroxyl groups is 1. The van der Waals surface area contributed by atoms with Crippen LogP contribution < -0.4 is 10.1 Å². The molecule has 1 atom stereocenters. The zero-order chi connectivity index (χ0) is 24.1. The van der Waals surface area contributed by atoms with Gasteiger partial charge in [-0.05, 0) is 53.8 Å². The van der Waals surface area contributed by atoms with Crippen molar-refractivity contribution in [2.24, 2.45) is 4.99 Å². The van der Waals surface area contributed by atoms with Crippen LogP contribution in [0.1, 0.15) is 28.7 Å². The van der Waals surface area contributed by atoms with Crippen LogP contribution in [0.5, 0.6) is 5.75 Å². The summed E-state index contributed by atoms with van der Waals surface area (Å²) in [4.78, 5) is 18.6. The van der Waals surface area contributed by atoms with Crippen molar-refractivity contribution in [1.29, 1.82) is 0 Å². The monoisotopic (exact) mass is 470 g/mol. The van der Waals surface area contributed by atoms with Gasteiger partial charge in [0.1, 0.15) is 12.4 Å². The van der Waals surface area contributed by atoms with E-state index in [2.05, 4.69) is 17.4 Å². The molecule has 1 amide bonds. The van der Waals surface area contributed by atoms with Crippen LogP contribution in [-0.2, 0) is 28.8 Å². The first-order valence-corrected chi connectivity index (χ1v) is 12.1. The molecule has 0 unspecified atom stereocenters. The molecular weight excluding hydrogens is 440 g/mol. The van der Waals surface area contributed by atoms with E-state index in [-0.39, 0.29) is 25.2 Å². The molecule has 1 heterocycles. The predicted molar refractivity (Wildman–Crippen MR) is 135 cm³/mol. The van der Waals surface area contributed by atoms with Crippen LogP contribution in [-0.4, -0.2) is 48.3 Å². The number of carbonyl (C=O) groups is 1. The molecule has 3 aromatic carbocycles. The van der Waals surface area contributed by atoms with E-state index in [9.17, 15) is 4.79 Å². The Morgan fingerprint density at radius 1 is 1.00 bits per heavy atom. The first-order valence-electron chi connectivity index (χ1n) is 12.1. The van der Waals surface area contributed by atoms with Crippen LogP contribution in [0.25, 0.3) is 0 Å². The van der Waals surface area contributed by atoms with Crippen LogP contribution in [0.2, 0.25) is 0 Å². The quantitative estimate of drug-likeness (QED) is 0.469. The average molecular weight is 471 g/mol. The van der Waals surface area contributed by atoms with Crippen molar-refractivity contribution in [3.8, 4) is 5.75 Å². The van der Waals surface area contributed by atoms with Gasteiger partial charge in [-0.25, -0.2) is 4.99 Å². The summed E-state index contributed by atoms with van der Waals surface area (Å²) in [6.45, 7) is 0.747. The lowest BCUT2D eigenvalue weighted by Gasteiger charge is -2.25. The molecular formula is C29H30N2O4. The van der Waals surface area contributed by atoms with Crippen molar-refractivity contribution in [3.63, 3.8) is 0 Å². The third kappa shape index (κ3) is 5.23. The molecule has 2 N–H and O–H groups in total. The maximum absolute atomic E-state index is 13.7. The number of aliphatic imine (C=N–C) groups is 1. The molecule has 6 nitrogen and oxygen atoms in total. The molecule has 180 valence electrons. The SMILES string of the molecule is O=C(NC1Cc2ccccc2C1)[C@@]1(Cc2ccccc2)COC(c2ccc(OCCCO)cc2)=N1. The zero-order valence-electron chi connectivity index (χ0n) is 19.7. The van der Waals surface area contributed by atoms with E-state index in [0.717, 1.165) is 29.7 Å². The van der Waals surface area contributed by atoms with Crippen molar-refractivity contribution >= 4 is 11.8 Å². The van der Waals surface area contributed by atoms with Gasteiger partial charge in [-0.15, -0.1) is 0 Å². The van der Waals surface area contributed by atoms with E-state index >= 15 is 0 Å². The van der Waals surface area contributed by atoms with Gasteiger partial charge in [0.25, 0.3) is 5.91 Å². The second-order valence-corrected chi connectivity index (χ2v) is 9.20. The van der Waals surface area contributed by atoms with E-state index in [0.29, 0.717) is 25.3 Å². The summed E-state index contributed by atoms with van der Waals surface area (Å²) >= 11 is 0. The van der Waals surface area contributed by atoms with Crippen LogP contribution in [0.3, 0.4) is 0 Å². The number of ether oxygens (including phenoxy) is 2. The number of nitrogens with one attached hydrogen (secondary N) is 1. The Morgan fingerprint density at radius 2 is 1.69 bits per heavy atom. The van der Waals surface area contributed by atoms with E-state index in [1.807, 2.05) is 66.7 Å². The fourth-order valence-corrected chi connectivity index (χ4v) is 4.74. The van der Waals surface area contributed by atoms with Gasteiger partial charge in [0.15, 0.2) is 5.54 Å². The lowest BCUT2D eigenvalue weighted by molar-refractivity contribution is -0.127. The lowest BCUT2D eigenvalue weighted by atomic mass is 9.91. The van der Waals surface area contributed by atoms with Crippen LogP contribution in [0.15, 0.2) is 83.9 Å². The second-order valence-electron chi connectivity index (χ2n) is 9.20. The highest BCUT2D eigenvalue weighted by atomic mass is 16.5. The van der Waals surface area contributed by atoms with Gasteiger partial charge >= 0.3 is 0 Å². The summed E-state index contributed by atoms with van der Waals surface area (Å²) in [6.07, 6.45) is 2.71. The van der Waals surface area contributed by atoms with Gasteiger partial charge in [-0.1, -0.05) is 54.6 Å². The summed E-state index contributed by atoms with van der Waals surface area (Å²) in [5.41, 5.74) is 3.40. The Morgan fingerprint density at radius 3 is 2.37 bits per heavy atom. The Labute approximate surface area is 205 Å². The lowest BCUT2D eigenvalue weighted by Crippen LogP contribution is -2.51. The summed E-state index contributed by atoms with van der Waals surface area (Å²) in [5.74, 6) is 1.08. The van der Waals surface area contributed by atoms with Gasteiger partial charge in [0.2, 0.25) is 5.90 Å². The van der Waals surface area contributed by atoms with Crippen LogP contribution in [0.4, 0.5) is 0 Å². The maximum atomic E-state index is 13.7. The number of fused-ring (bicyclic) bond motifs is 1. The predicted octanol–water partition coefficient (Wildman–Crippen LogP) is 3.49. The molecule has 6 heteroatoms.